The molecule has 6 heteroatoms. The summed E-state index contributed by atoms with van der Waals surface area (Å²) in [4.78, 5) is 25.1. The number of hydrogen-bond donors (Lipinski definition) is 2. The highest BCUT2D eigenvalue weighted by Crippen LogP contribution is 2.16. The molecule has 0 aliphatic heterocycles. The molecule has 0 saturated heterocycles. The number of ether oxygens (including phenoxy) is 1. The van der Waals surface area contributed by atoms with Crippen LogP contribution in [0.2, 0.25) is 0 Å². The summed E-state index contributed by atoms with van der Waals surface area (Å²) in [5.74, 6) is -0.808. The monoisotopic (exact) mass is 448 g/mol. The second kappa shape index (κ2) is 10.4. The van der Waals surface area contributed by atoms with E-state index in [1.807, 2.05) is 60.7 Å². The highest BCUT2D eigenvalue weighted by Gasteiger charge is 2.37. The van der Waals surface area contributed by atoms with Gasteiger partial charge < -0.3 is 10.1 Å². The first kappa shape index (κ1) is 23.9. The zero-order chi connectivity index (χ0) is 19.9. The van der Waals surface area contributed by atoms with E-state index in [0.29, 0.717) is 13.1 Å². The van der Waals surface area contributed by atoms with Crippen molar-refractivity contribution in [2.45, 2.75) is 51.9 Å². The summed E-state index contributed by atoms with van der Waals surface area (Å²) < 4.78 is 5.53. The largest absolute Gasteiger partial charge is 0.448 e. The van der Waals surface area contributed by atoms with Crippen LogP contribution >= 0.6 is 17.0 Å². The van der Waals surface area contributed by atoms with Gasteiger partial charge in [-0.25, -0.2) is 0 Å². The van der Waals surface area contributed by atoms with E-state index in [0.717, 1.165) is 11.1 Å². The Morgan fingerprint density at radius 3 is 1.79 bits per heavy atom. The first-order valence-corrected chi connectivity index (χ1v) is 9.05. The molecule has 1 amide bonds. The topological polar surface area (TPSA) is 67.4 Å². The molecule has 0 atom stereocenters. The standard InChI is InChI=1S/C22H28N2O3.BrH/c1-21(2,24-16-18-13-9-6-10-14-18)20(26)27-22(3,4)19(25)23-15-17-11-7-5-8-12-17;/h5-14,24H,15-16H2,1-4H3,(H,23,25);1H. The Kier molecular flexibility index (Phi) is 8.85. The molecule has 0 fully saturated rings. The quantitative estimate of drug-likeness (QED) is 0.603. The predicted molar refractivity (Wildman–Crippen MR) is 116 cm³/mol. The minimum absolute atomic E-state index is 0. The van der Waals surface area contributed by atoms with Crippen LogP contribution in [0.15, 0.2) is 60.7 Å². The summed E-state index contributed by atoms with van der Waals surface area (Å²) in [5.41, 5.74) is -0.138. The molecule has 0 heterocycles. The summed E-state index contributed by atoms with van der Waals surface area (Å²) in [6, 6.07) is 19.4. The molecule has 0 bridgehead atoms. The van der Waals surface area contributed by atoms with Gasteiger partial charge >= 0.3 is 5.97 Å². The van der Waals surface area contributed by atoms with E-state index < -0.39 is 17.1 Å². The van der Waals surface area contributed by atoms with Gasteiger partial charge in [-0.3, -0.25) is 14.9 Å². The third-order valence-electron chi connectivity index (χ3n) is 4.28. The number of nitrogens with one attached hydrogen (secondary N) is 2. The molecule has 2 N–H and O–H groups in total. The maximum absolute atomic E-state index is 12.6. The number of amides is 1. The maximum atomic E-state index is 12.6. The van der Waals surface area contributed by atoms with Crippen LogP contribution in [0.5, 0.6) is 0 Å². The Balaban J connectivity index is 0.00000392. The predicted octanol–water partition coefficient (Wildman–Crippen LogP) is 3.77. The molecule has 28 heavy (non-hydrogen) atoms. The molecule has 2 aromatic carbocycles. The van der Waals surface area contributed by atoms with Crippen LogP contribution in [0.3, 0.4) is 0 Å². The van der Waals surface area contributed by atoms with Crippen LogP contribution in [-0.2, 0) is 27.4 Å². The Morgan fingerprint density at radius 2 is 1.29 bits per heavy atom. The molecule has 0 radical (unpaired) electrons. The molecule has 2 rings (SSSR count). The van der Waals surface area contributed by atoms with Crippen molar-refractivity contribution in [3.05, 3.63) is 71.8 Å². The number of esters is 1. The average Bonchev–Trinajstić information content (AvgIpc) is 2.65. The van der Waals surface area contributed by atoms with Crippen molar-refractivity contribution in [2.24, 2.45) is 0 Å². The summed E-state index contributed by atoms with van der Waals surface area (Å²) in [6.07, 6.45) is 0. The minimum atomic E-state index is -1.27. The normalized spacial score (nSPS) is 11.3. The molecule has 0 unspecified atom stereocenters. The lowest BCUT2D eigenvalue weighted by atomic mass is 10.0. The highest BCUT2D eigenvalue weighted by molar-refractivity contribution is 8.93. The van der Waals surface area contributed by atoms with Gasteiger partial charge in [0, 0.05) is 13.1 Å². The fourth-order valence-corrected chi connectivity index (χ4v) is 2.39. The van der Waals surface area contributed by atoms with Gasteiger partial charge in [0.25, 0.3) is 5.91 Å². The smallest absolute Gasteiger partial charge is 0.326 e. The van der Waals surface area contributed by atoms with E-state index in [2.05, 4.69) is 10.6 Å². The van der Waals surface area contributed by atoms with Gasteiger partial charge in [0.2, 0.25) is 0 Å². The van der Waals surface area contributed by atoms with E-state index in [4.69, 9.17) is 4.74 Å². The third-order valence-corrected chi connectivity index (χ3v) is 4.28. The third kappa shape index (κ3) is 7.09. The van der Waals surface area contributed by atoms with Crippen LogP contribution in [0.25, 0.3) is 0 Å². The molecule has 0 spiro atoms. The SMILES string of the molecule is Br.CC(C)(NCc1ccccc1)C(=O)OC(C)(C)C(=O)NCc1ccccc1. The van der Waals surface area contributed by atoms with Crippen LogP contribution in [0, 0.1) is 0 Å². The highest BCUT2D eigenvalue weighted by atomic mass is 79.9. The van der Waals surface area contributed by atoms with Crippen LogP contribution in [-0.4, -0.2) is 23.0 Å². The first-order valence-electron chi connectivity index (χ1n) is 9.05. The van der Waals surface area contributed by atoms with Crippen molar-refractivity contribution in [3.8, 4) is 0 Å². The van der Waals surface area contributed by atoms with Crippen molar-refractivity contribution in [1.82, 2.24) is 10.6 Å². The number of carbonyl (C=O) groups excluding carboxylic acids is 2. The minimum Gasteiger partial charge on any atom is -0.448 e. The van der Waals surface area contributed by atoms with Crippen molar-refractivity contribution in [2.75, 3.05) is 0 Å². The van der Waals surface area contributed by atoms with Gasteiger partial charge in [0.1, 0.15) is 5.54 Å². The second-order valence-corrected chi connectivity index (χ2v) is 7.53. The second-order valence-electron chi connectivity index (χ2n) is 7.53. The van der Waals surface area contributed by atoms with Gasteiger partial charge in [-0.05, 0) is 38.8 Å². The lowest BCUT2D eigenvalue weighted by Crippen LogP contribution is -2.53. The van der Waals surface area contributed by atoms with Gasteiger partial charge in [0.05, 0.1) is 0 Å². The maximum Gasteiger partial charge on any atom is 0.326 e. The molecule has 0 aliphatic rings. The van der Waals surface area contributed by atoms with E-state index in [-0.39, 0.29) is 22.9 Å². The summed E-state index contributed by atoms with van der Waals surface area (Å²) in [7, 11) is 0. The molecular formula is C22H29BrN2O3. The average molecular weight is 449 g/mol. The Hall–Kier alpha value is -2.18. The Bertz CT molecular complexity index is 762. The Labute approximate surface area is 177 Å². The zero-order valence-corrected chi connectivity index (χ0v) is 18.5. The molecule has 0 aromatic heterocycles. The van der Waals surface area contributed by atoms with Crippen molar-refractivity contribution in [1.29, 1.82) is 0 Å². The van der Waals surface area contributed by atoms with E-state index in [1.165, 1.54) is 0 Å². The lowest BCUT2D eigenvalue weighted by molar-refractivity contribution is -0.170. The van der Waals surface area contributed by atoms with Crippen molar-refractivity contribution >= 4 is 28.9 Å². The van der Waals surface area contributed by atoms with Gasteiger partial charge in [-0.15, -0.1) is 17.0 Å². The van der Waals surface area contributed by atoms with E-state index >= 15 is 0 Å². The molecule has 5 nitrogen and oxygen atoms in total. The summed E-state index contributed by atoms with van der Waals surface area (Å²) in [5, 5.41) is 6.01. The van der Waals surface area contributed by atoms with E-state index in [1.54, 1.807) is 27.7 Å². The summed E-state index contributed by atoms with van der Waals surface area (Å²) in [6.45, 7) is 7.60. The number of benzene rings is 2. The molecule has 0 saturated carbocycles. The molecule has 0 aliphatic carbocycles. The lowest BCUT2D eigenvalue weighted by Gasteiger charge is -2.30. The Morgan fingerprint density at radius 1 is 0.821 bits per heavy atom. The number of carbonyl (C=O) groups is 2. The molecule has 152 valence electrons. The van der Waals surface area contributed by atoms with Crippen LogP contribution in [0.1, 0.15) is 38.8 Å². The van der Waals surface area contributed by atoms with Crippen molar-refractivity contribution in [3.63, 3.8) is 0 Å². The number of hydrogen-bond acceptors (Lipinski definition) is 4. The van der Waals surface area contributed by atoms with Gasteiger partial charge in [-0.1, -0.05) is 60.7 Å². The fourth-order valence-electron chi connectivity index (χ4n) is 2.39. The fraction of sp³-hybridized carbons (Fsp3) is 0.364. The summed E-state index contributed by atoms with van der Waals surface area (Å²) >= 11 is 0. The first-order chi connectivity index (χ1) is 12.7. The number of rotatable bonds is 8. The zero-order valence-electron chi connectivity index (χ0n) is 16.8. The molecule has 2 aromatic rings. The van der Waals surface area contributed by atoms with Crippen LogP contribution in [0.4, 0.5) is 0 Å². The van der Waals surface area contributed by atoms with Crippen LogP contribution < -0.4 is 10.6 Å². The van der Waals surface area contributed by atoms with Gasteiger partial charge in [0.15, 0.2) is 5.60 Å². The van der Waals surface area contributed by atoms with E-state index in [9.17, 15) is 9.59 Å². The van der Waals surface area contributed by atoms with Crippen molar-refractivity contribution < 1.29 is 14.3 Å². The van der Waals surface area contributed by atoms with Gasteiger partial charge in [-0.2, -0.15) is 0 Å². The molecular weight excluding hydrogens is 420 g/mol. The number of halogens is 1.